The van der Waals surface area contributed by atoms with Crippen molar-refractivity contribution >= 4 is 15.6 Å². The Kier molecular flexibility index (Phi) is 6.99. The van der Waals surface area contributed by atoms with E-state index in [2.05, 4.69) is 0 Å². The monoisotopic (exact) mass is 318 g/mol. The first-order chi connectivity index (χ1) is 10.4. The van der Waals surface area contributed by atoms with Crippen LogP contribution in [0.15, 0.2) is 66.7 Å². The molecule has 22 heavy (non-hydrogen) atoms. The third kappa shape index (κ3) is 5.11. The highest BCUT2D eigenvalue weighted by Gasteiger charge is 2.31. The van der Waals surface area contributed by atoms with Gasteiger partial charge in [-0.05, 0) is 20.8 Å². The first-order valence-electron chi connectivity index (χ1n) is 7.19. The number of carbonyl (C=O) groups excluding carboxylic acids is 1. The van der Waals surface area contributed by atoms with Crippen molar-refractivity contribution in [2.45, 2.75) is 31.3 Å². The molecule has 2 aromatic rings. The van der Waals surface area contributed by atoms with Gasteiger partial charge >= 0.3 is 0 Å². The summed E-state index contributed by atoms with van der Waals surface area (Å²) < 4.78 is 23.6. The van der Waals surface area contributed by atoms with Crippen LogP contribution in [0.2, 0.25) is 0 Å². The first-order valence-corrected chi connectivity index (χ1v) is 8.80. The van der Waals surface area contributed by atoms with Crippen molar-refractivity contribution in [3.05, 3.63) is 72.3 Å². The summed E-state index contributed by atoms with van der Waals surface area (Å²) in [5.41, 5.74) is 0.444. The molecule has 1 atom stereocenters. The van der Waals surface area contributed by atoms with Crippen LogP contribution < -0.4 is 0 Å². The summed E-state index contributed by atoms with van der Waals surface area (Å²) in [4.78, 5) is 11.9. The van der Waals surface area contributed by atoms with Crippen molar-refractivity contribution in [2.75, 3.05) is 0 Å². The molecule has 3 nitrogen and oxygen atoms in total. The summed E-state index contributed by atoms with van der Waals surface area (Å²) in [6, 6.07) is 20.5. The molecule has 0 saturated heterocycles. The Balaban J connectivity index is 0.000000335. The van der Waals surface area contributed by atoms with E-state index in [4.69, 9.17) is 0 Å². The molecule has 0 aliphatic carbocycles. The van der Waals surface area contributed by atoms with Crippen molar-refractivity contribution in [3.63, 3.8) is 0 Å². The molecular formula is C18H22O3S. The second kappa shape index (κ2) is 8.49. The van der Waals surface area contributed by atoms with E-state index in [1.54, 1.807) is 44.2 Å². The fourth-order valence-electron chi connectivity index (χ4n) is 1.78. The van der Waals surface area contributed by atoms with Gasteiger partial charge in [-0.3, -0.25) is 4.79 Å². The average Bonchev–Trinajstić information content (AvgIpc) is 2.56. The third-order valence-corrected chi connectivity index (χ3v) is 5.76. The van der Waals surface area contributed by atoms with Gasteiger partial charge in [-0.15, -0.1) is 0 Å². The van der Waals surface area contributed by atoms with E-state index in [1.165, 1.54) is 6.92 Å². The van der Waals surface area contributed by atoms with E-state index in [9.17, 15) is 13.2 Å². The number of sulfone groups is 1. The van der Waals surface area contributed by atoms with Gasteiger partial charge in [0.25, 0.3) is 0 Å². The van der Waals surface area contributed by atoms with Gasteiger partial charge in [-0.2, -0.15) is 0 Å². The van der Waals surface area contributed by atoms with Crippen LogP contribution in [-0.4, -0.2) is 24.7 Å². The minimum absolute atomic E-state index is 0.339. The minimum Gasteiger partial charge on any atom is -0.293 e. The lowest BCUT2D eigenvalue weighted by molar-refractivity contribution is 0.0991. The van der Waals surface area contributed by atoms with Gasteiger partial charge in [-0.1, -0.05) is 66.7 Å². The fourth-order valence-corrected chi connectivity index (χ4v) is 3.03. The molecule has 4 heteroatoms. The zero-order valence-electron chi connectivity index (χ0n) is 13.1. The summed E-state index contributed by atoms with van der Waals surface area (Å²) in [5, 5.41) is -1.51. The normalized spacial score (nSPS) is 12.2. The predicted molar refractivity (Wildman–Crippen MR) is 90.7 cm³/mol. The van der Waals surface area contributed by atoms with E-state index in [0.29, 0.717) is 5.56 Å². The molecule has 0 aliphatic rings. The van der Waals surface area contributed by atoms with Gasteiger partial charge in [0, 0.05) is 5.56 Å². The Labute approximate surface area is 132 Å². The van der Waals surface area contributed by atoms with Gasteiger partial charge < -0.3 is 0 Å². The highest BCUT2D eigenvalue weighted by atomic mass is 32.2. The first kappa shape index (κ1) is 18.1. The van der Waals surface area contributed by atoms with E-state index in [-0.39, 0.29) is 5.78 Å². The van der Waals surface area contributed by atoms with Gasteiger partial charge in [0.05, 0.1) is 5.25 Å². The number of hydrogen-bond donors (Lipinski definition) is 0. The molecule has 2 aromatic carbocycles. The summed E-state index contributed by atoms with van der Waals surface area (Å²) >= 11 is 0. The molecule has 0 N–H and O–H groups in total. The second-order valence-electron chi connectivity index (χ2n) is 5.16. The van der Waals surface area contributed by atoms with Crippen LogP contribution >= 0.6 is 0 Å². The van der Waals surface area contributed by atoms with Crippen molar-refractivity contribution in [1.29, 1.82) is 0 Å². The van der Waals surface area contributed by atoms with Crippen LogP contribution in [0.4, 0.5) is 0 Å². The number of carbonyl (C=O) groups is 1. The molecule has 0 aromatic heterocycles. The number of Topliss-reactive ketones (excluding diaryl/α,β-unsaturated/α-hetero) is 1. The molecule has 1 unspecified atom stereocenters. The van der Waals surface area contributed by atoms with Crippen LogP contribution in [0.3, 0.4) is 0 Å². The standard InChI is InChI=1S/C12H16O3S.C6H6/c1-9(2)16(14,15)10(3)12(13)11-7-5-4-6-8-11;1-2-4-6-5-3-1/h4-10H,1-3H3;1-6H. The van der Waals surface area contributed by atoms with E-state index < -0.39 is 20.3 Å². The van der Waals surface area contributed by atoms with Crippen molar-refractivity contribution in [3.8, 4) is 0 Å². The predicted octanol–water partition coefficient (Wildman–Crippen LogP) is 3.77. The second-order valence-corrected chi connectivity index (χ2v) is 7.99. The number of hydrogen-bond acceptors (Lipinski definition) is 3. The molecular weight excluding hydrogens is 296 g/mol. The SMILES string of the molecule is CC(C)S(=O)(=O)C(C)C(=O)c1ccccc1.c1ccccc1. The summed E-state index contributed by atoms with van der Waals surface area (Å²) in [6.45, 7) is 4.62. The molecule has 0 bridgehead atoms. The Morgan fingerprint density at radius 3 is 1.50 bits per heavy atom. The van der Waals surface area contributed by atoms with Crippen LogP contribution in [0.1, 0.15) is 31.1 Å². The maximum atomic E-state index is 11.9. The lowest BCUT2D eigenvalue weighted by Crippen LogP contribution is -2.32. The minimum atomic E-state index is -3.37. The maximum Gasteiger partial charge on any atom is 0.180 e. The Hall–Kier alpha value is -1.94. The molecule has 0 aliphatic heterocycles. The molecule has 0 saturated carbocycles. The molecule has 0 amide bonds. The van der Waals surface area contributed by atoms with E-state index >= 15 is 0 Å². The molecule has 0 radical (unpaired) electrons. The molecule has 0 fully saturated rings. The number of rotatable bonds is 4. The summed E-state index contributed by atoms with van der Waals surface area (Å²) in [6.07, 6.45) is 0. The molecule has 2 rings (SSSR count). The van der Waals surface area contributed by atoms with E-state index in [1.807, 2.05) is 36.4 Å². The number of ketones is 1. The Morgan fingerprint density at radius 2 is 1.14 bits per heavy atom. The topological polar surface area (TPSA) is 51.2 Å². The highest BCUT2D eigenvalue weighted by molar-refractivity contribution is 7.93. The third-order valence-electron chi connectivity index (χ3n) is 3.24. The smallest absolute Gasteiger partial charge is 0.180 e. The molecule has 118 valence electrons. The van der Waals surface area contributed by atoms with Crippen LogP contribution in [-0.2, 0) is 9.84 Å². The van der Waals surface area contributed by atoms with Crippen molar-refractivity contribution in [2.24, 2.45) is 0 Å². The lowest BCUT2D eigenvalue weighted by atomic mass is 10.1. The van der Waals surface area contributed by atoms with Crippen LogP contribution in [0, 0.1) is 0 Å². The van der Waals surface area contributed by atoms with Crippen molar-refractivity contribution < 1.29 is 13.2 Å². The zero-order chi connectivity index (χ0) is 16.6. The molecule has 0 heterocycles. The van der Waals surface area contributed by atoms with Crippen molar-refractivity contribution in [1.82, 2.24) is 0 Å². The maximum absolute atomic E-state index is 11.9. The highest BCUT2D eigenvalue weighted by Crippen LogP contribution is 2.14. The van der Waals surface area contributed by atoms with E-state index in [0.717, 1.165) is 0 Å². The van der Waals surface area contributed by atoms with Gasteiger partial charge in [0.2, 0.25) is 0 Å². The van der Waals surface area contributed by atoms with Gasteiger partial charge in [0.15, 0.2) is 15.6 Å². The Bertz CT molecular complexity index is 635. The Morgan fingerprint density at radius 1 is 0.773 bits per heavy atom. The summed E-state index contributed by atoms with van der Waals surface area (Å²) in [5.74, 6) is -0.339. The molecule has 0 spiro atoms. The quantitative estimate of drug-likeness (QED) is 0.806. The zero-order valence-corrected chi connectivity index (χ0v) is 14.0. The number of benzene rings is 2. The van der Waals surface area contributed by atoms with Crippen LogP contribution in [0.25, 0.3) is 0 Å². The summed E-state index contributed by atoms with van der Waals surface area (Å²) in [7, 11) is -3.37. The fraction of sp³-hybridized carbons (Fsp3) is 0.278. The van der Waals surface area contributed by atoms with Crippen LogP contribution in [0.5, 0.6) is 0 Å². The lowest BCUT2D eigenvalue weighted by Gasteiger charge is -2.14. The van der Waals surface area contributed by atoms with Gasteiger partial charge in [-0.25, -0.2) is 8.42 Å². The average molecular weight is 318 g/mol. The van der Waals surface area contributed by atoms with Gasteiger partial charge in [0.1, 0.15) is 5.25 Å². The largest absolute Gasteiger partial charge is 0.293 e.